The lowest BCUT2D eigenvalue weighted by molar-refractivity contribution is 0.562. The molecule has 4 heteroatoms. The van der Waals surface area contributed by atoms with Gasteiger partial charge >= 0.3 is 0 Å². The minimum atomic E-state index is -0.218. The predicted octanol–water partition coefficient (Wildman–Crippen LogP) is 11.7. The normalized spacial score (nSPS) is 12.8. The Kier molecular flexibility index (Phi) is 6.14. The zero-order valence-electron chi connectivity index (χ0n) is 28.8. The Morgan fingerprint density at radius 1 is 0.490 bits per heavy atom. The van der Waals surface area contributed by atoms with Crippen LogP contribution >= 0.6 is 0 Å². The Balaban J connectivity index is 1.42. The first kappa shape index (κ1) is 29.5. The van der Waals surface area contributed by atoms with Crippen molar-refractivity contribution in [1.29, 1.82) is 0 Å². The molecule has 49 heavy (non-hydrogen) atoms. The lowest BCUT2D eigenvalue weighted by Crippen LogP contribution is -2.19. The Morgan fingerprint density at radius 2 is 1.10 bits per heavy atom. The second-order valence-electron chi connectivity index (χ2n) is 15.4. The largest absolute Gasteiger partial charge is 0.455 e. The van der Waals surface area contributed by atoms with E-state index in [2.05, 4.69) is 166 Å². The number of hydrogen-bond acceptors (Lipinski definition) is 2. The van der Waals surface area contributed by atoms with Crippen molar-refractivity contribution in [2.75, 3.05) is 0 Å². The third-order valence-electron chi connectivity index (χ3n) is 10.2. The lowest BCUT2D eigenvalue weighted by Gasteiger charge is -2.26. The van der Waals surface area contributed by atoms with Crippen LogP contribution in [0, 0.1) is 0 Å². The number of para-hydroxylation sites is 3. The molecule has 0 fully saturated rings. The lowest BCUT2D eigenvalue weighted by atomic mass is 9.79. The van der Waals surface area contributed by atoms with Crippen molar-refractivity contribution in [3.8, 4) is 11.4 Å². The minimum Gasteiger partial charge on any atom is -0.455 e. The standard InChI is InChI=1S/C45H38N2O2/c1-44(2,3)33-23-24-34(45(4,5)6)43-40(33)42(48)32-21-20-28(26-38(32)49-43)47-35-18-12-10-16-29(35)30-22-25-37-39(41(30)47)31-17-11-13-19-36(31)46(37)27-14-8-7-9-15-27/h7-26H,1-6H3. The highest BCUT2D eigenvalue weighted by atomic mass is 16.3. The van der Waals surface area contributed by atoms with E-state index < -0.39 is 0 Å². The molecule has 3 aromatic heterocycles. The molecule has 0 aliphatic heterocycles. The number of benzene rings is 6. The van der Waals surface area contributed by atoms with E-state index in [1.165, 1.54) is 21.5 Å². The predicted molar refractivity (Wildman–Crippen MR) is 206 cm³/mol. The van der Waals surface area contributed by atoms with Gasteiger partial charge in [-0.1, -0.05) is 114 Å². The molecule has 9 aromatic rings. The van der Waals surface area contributed by atoms with Gasteiger partial charge in [0.15, 0.2) is 0 Å². The fourth-order valence-corrected chi connectivity index (χ4v) is 7.93. The minimum absolute atomic E-state index is 0.0226. The molecule has 0 bridgehead atoms. The third-order valence-corrected chi connectivity index (χ3v) is 10.2. The molecule has 4 nitrogen and oxygen atoms in total. The Hall–Kier alpha value is -5.61. The smallest absolute Gasteiger partial charge is 0.200 e. The van der Waals surface area contributed by atoms with Crippen molar-refractivity contribution in [1.82, 2.24) is 9.13 Å². The molecule has 0 radical (unpaired) electrons. The molecule has 0 atom stereocenters. The average molecular weight is 639 g/mol. The number of aromatic nitrogens is 2. The highest BCUT2D eigenvalue weighted by Crippen LogP contribution is 2.43. The van der Waals surface area contributed by atoms with E-state index in [1.807, 2.05) is 6.07 Å². The van der Waals surface area contributed by atoms with E-state index >= 15 is 0 Å². The molecule has 0 unspecified atom stereocenters. The van der Waals surface area contributed by atoms with E-state index in [-0.39, 0.29) is 16.3 Å². The number of nitrogens with zero attached hydrogens (tertiary/aromatic N) is 2. The average Bonchev–Trinajstić information content (AvgIpc) is 3.60. The Morgan fingerprint density at radius 3 is 1.82 bits per heavy atom. The van der Waals surface area contributed by atoms with Crippen LogP contribution in [-0.2, 0) is 10.8 Å². The maximum atomic E-state index is 14.4. The number of hydrogen-bond donors (Lipinski definition) is 0. The van der Waals surface area contributed by atoms with Gasteiger partial charge in [-0.15, -0.1) is 0 Å². The monoisotopic (exact) mass is 638 g/mol. The summed E-state index contributed by atoms with van der Waals surface area (Å²) in [5, 5.41) is 6.04. The molecule has 3 heterocycles. The van der Waals surface area contributed by atoms with Gasteiger partial charge in [0.2, 0.25) is 5.43 Å². The molecule has 0 saturated heterocycles. The van der Waals surface area contributed by atoms with Gasteiger partial charge in [0.1, 0.15) is 11.2 Å². The zero-order chi connectivity index (χ0) is 33.8. The van der Waals surface area contributed by atoms with Crippen LogP contribution in [0.15, 0.2) is 131 Å². The van der Waals surface area contributed by atoms with Crippen LogP contribution in [0.5, 0.6) is 0 Å². The van der Waals surface area contributed by atoms with Crippen LogP contribution in [0.4, 0.5) is 0 Å². The molecule has 0 N–H and O–H groups in total. The summed E-state index contributed by atoms with van der Waals surface area (Å²) in [5.41, 5.74) is 9.55. The van der Waals surface area contributed by atoms with Crippen LogP contribution in [0.2, 0.25) is 0 Å². The summed E-state index contributed by atoms with van der Waals surface area (Å²) in [7, 11) is 0. The maximum Gasteiger partial charge on any atom is 0.200 e. The van der Waals surface area contributed by atoms with Gasteiger partial charge in [0, 0.05) is 44.5 Å². The van der Waals surface area contributed by atoms with E-state index in [4.69, 9.17) is 4.42 Å². The first-order chi connectivity index (χ1) is 23.5. The van der Waals surface area contributed by atoms with Crippen LogP contribution in [-0.4, -0.2) is 9.13 Å². The fraction of sp³-hybridized carbons (Fsp3) is 0.178. The van der Waals surface area contributed by atoms with Crippen molar-refractivity contribution in [3.63, 3.8) is 0 Å². The Labute approximate surface area is 284 Å². The van der Waals surface area contributed by atoms with Gasteiger partial charge in [-0.25, -0.2) is 0 Å². The quantitative estimate of drug-likeness (QED) is 0.177. The molecule has 0 spiro atoms. The summed E-state index contributed by atoms with van der Waals surface area (Å²) in [6, 6.07) is 42.7. The third kappa shape index (κ3) is 4.26. The van der Waals surface area contributed by atoms with E-state index in [0.717, 1.165) is 44.6 Å². The van der Waals surface area contributed by atoms with Crippen molar-refractivity contribution < 1.29 is 4.42 Å². The molecule has 0 aliphatic rings. The highest BCUT2D eigenvalue weighted by Gasteiger charge is 2.27. The van der Waals surface area contributed by atoms with Gasteiger partial charge < -0.3 is 13.6 Å². The number of fused-ring (bicyclic) bond motifs is 9. The van der Waals surface area contributed by atoms with Gasteiger partial charge in [-0.3, -0.25) is 4.79 Å². The highest BCUT2D eigenvalue weighted by molar-refractivity contribution is 6.26. The van der Waals surface area contributed by atoms with Gasteiger partial charge in [0.25, 0.3) is 0 Å². The van der Waals surface area contributed by atoms with Crippen molar-refractivity contribution in [3.05, 3.63) is 143 Å². The molecular formula is C45H38N2O2. The second-order valence-corrected chi connectivity index (χ2v) is 15.4. The zero-order valence-corrected chi connectivity index (χ0v) is 28.8. The summed E-state index contributed by atoms with van der Waals surface area (Å²) in [6.07, 6.45) is 0. The number of rotatable bonds is 2. The van der Waals surface area contributed by atoms with Crippen LogP contribution in [0.1, 0.15) is 52.7 Å². The van der Waals surface area contributed by atoms with Crippen molar-refractivity contribution >= 4 is 65.6 Å². The second kappa shape index (κ2) is 10.2. The maximum absolute atomic E-state index is 14.4. The molecule has 6 aromatic carbocycles. The van der Waals surface area contributed by atoms with Crippen LogP contribution in [0.3, 0.4) is 0 Å². The molecule has 0 saturated carbocycles. The summed E-state index contributed by atoms with van der Waals surface area (Å²) in [4.78, 5) is 14.4. The summed E-state index contributed by atoms with van der Waals surface area (Å²) in [5.74, 6) is 0. The Bertz CT molecular complexity index is 2850. The van der Waals surface area contributed by atoms with E-state index in [1.54, 1.807) is 0 Å². The van der Waals surface area contributed by atoms with Gasteiger partial charge in [-0.05, 0) is 58.9 Å². The molecular weight excluding hydrogens is 601 g/mol. The summed E-state index contributed by atoms with van der Waals surface area (Å²) >= 11 is 0. The van der Waals surface area contributed by atoms with E-state index in [9.17, 15) is 4.79 Å². The molecule has 240 valence electrons. The van der Waals surface area contributed by atoms with Crippen molar-refractivity contribution in [2.24, 2.45) is 0 Å². The van der Waals surface area contributed by atoms with Crippen LogP contribution in [0.25, 0.3) is 76.9 Å². The van der Waals surface area contributed by atoms with Gasteiger partial charge in [-0.2, -0.15) is 0 Å². The van der Waals surface area contributed by atoms with Crippen LogP contribution < -0.4 is 5.43 Å². The molecule has 0 aliphatic carbocycles. The fourth-order valence-electron chi connectivity index (χ4n) is 7.93. The van der Waals surface area contributed by atoms with Crippen molar-refractivity contribution in [2.45, 2.75) is 52.4 Å². The SMILES string of the molecule is CC(C)(C)c1ccc(C(C)(C)C)c2c(=O)c3ccc(-n4c5ccccc5c5ccc6c(c7ccccc7n6-c6ccccc6)c54)cc3oc12. The van der Waals surface area contributed by atoms with Gasteiger partial charge in [0.05, 0.1) is 32.8 Å². The summed E-state index contributed by atoms with van der Waals surface area (Å²) in [6.45, 7) is 13.0. The first-order valence-corrected chi connectivity index (χ1v) is 17.1. The molecule has 9 rings (SSSR count). The molecule has 0 amide bonds. The van der Waals surface area contributed by atoms with E-state index in [0.29, 0.717) is 21.9 Å². The summed E-state index contributed by atoms with van der Waals surface area (Å²) < 4.78 is 11.6. The topological polar surface area (TPSA) is 40.1 Å². The first-order valence-electron chi connectivity index (χ1n) is 17.1.